The minimum Gasteiger partial charge on any atom is -0.353 e. The molecule has 0 fully saturated rings. The number of hydrogen-bond acceptors (Lipinski definition) is 4. The zero-order valence-electron chi connectivity index (χ0n) is 14.7. The average Bonchev–Trinajstić information content (AvgIpc) is 2.63. The lowest BCUT2D eigenvalue weighted by Gasteiger charge is -2.13. The van der Waals surface area contributed by atoms with Crippen LogP contribution in [0.25, 0.3) is 11.4 Å². The minimum atomic E-state index is -0.205. The van der Waals surface area contributed by atoms with Crippen molar-refractivity contribution < 1.29 is 0 Å². The molecule has 26 heavy (non-hydrogen) atoms. The largest absolute Gasteiger partial charge is 0.353 e. The molecular weight excluding hydrogens is 324 g/mol. The van der Waals surface area contributed by atoms with E-state index in [1.807, 2.05) is 62.4 Å². The molecule has 0 amide bonds. The maximum absolute atomic E-state index is 12.4. The Balaban J connectivity index is 2.06. The number of aromatic nitrogens is 2. The van der Waals surface area contributed by atoms with E-state index in [2.05, 4.69) is 10.4 Å². The third-order valence-electron chi connectivity index (χ3n) is 3.99. The third-order valence-corrected chi connectivity index (χ3v) is 3.99. The van der Waals surface area contributed by atoms with Gasteiger partial charge in [0.1, 0.15) is 0 Å². The Morgan fingerprint density at radius 2 is 1.92 bits per heavy atom. The smallest absolute Gasteiger partial charge is 0.209 e. The van der Waals surface area contributed by atoms with Gasteiger partial charge in [-0.1, -0.05) is 30.3 Å². The molecular formula is C21H20N4O. The van der Waals surface area contributed by atoms with Crippen molar-refractivity contribution >= 4 is 17.6 Å². The van der Waals surface area contributed by atoms with Crippen molar-refractivity contribution in [3.8, 4) is 5.69 Å². The normalized spacial score (nSPS) is 11.2. The summed E-state index contributed by atoms with van der Waals surface area (Å²) in [6.45, 7) is 3.99. The van der Waals surface area contributed by atoms with Crippen LogP contribution in [0.15, 0.2) is 71.7 Å². The molecule has 0 saturated heterocycles. The predicted molar refractivity (Wildman–Crippen MR) is 106 cm³/mol. The summed E-state index contributed by atoms with van der Waals surface area (Å²) in [7, 11) is 0. The first-order chi connectivity index (χ1) is 12.6. The van der Waals surface area contributed by atoms with Crippen LogP contribution in [-0.4, -0.2) is 16.0 Å². The van der Waals surface area contributed by atoms with E-state index < -0.39 is 0 Å². The van der Waals surface area contributed by atoms with Crippen molar-refractivity contribution in [3.63, 3.8) is 0 Å². The van der Waals surface area contributed by atoms with Crippen molar-refractivity contribution in [3.05, 3.63) is 93.9 Å². The van der Waals surface area contributed by atoms with E-state index in [1.165, 1.54) is 12.1 Å². The summed E-state index contributed by atoms with van der Waals surface area (Å²) in [5.41, 5.74) is 4.44. The molecule has 0 aliphatic rings. The van der Waals surface area contributed by atoms with Gasteiger partial charge in [0.15, 0.2) is 5.69 Å². The second-order valence-corrected chi connectivity index (χ2v) is 6.00. The highest BCUT2D eigenvalue weighted by atomic mass is 16.1. The molecule has 3 aromatic rings. The number of nitrogens with one attached hydrogen (secondary N) is 2. The molecule has 1 aromatic heterocycles. The van der Waals surface area contributed by atoms with Crippen molar-refractivity contribution in [2.24, 2.45) is 0 Å². The summed E-state index contributed by atoms with van der Waals surface area (Å²) in [5, 5.41) is 15.2. The predicted octanol–water partition coefficient (Wildman–Crippen LogP) is 3.95. The second-order valence-electron chi connectivity index (χ2n) is 6.00. The Bertz CT molecular complexity index is 1030. The van der Waals surface area contributed by atoms with Crippen LogP contribution in [0.2, 0.25) is 0 Å². The zero-order valence-corrected chi connectivity index (χ0v) is 14.7. The van der Waals surface area contributed by atoms with Gasteiger partial charge in [-0.25, -0.2) is 4.68 Å². The molecule has 2 aromatic carbocycles. The zero-order chi connectivity index (χ0) is 18.5. The molecule has 130 valence electrons. The van der Waals surface area contributed by atoms with Gasteiger partial charge in [0.05, 0.1) is 11.4 Å². The van der Waals surface area contributed by atoms with Crippen LogP contribution in [0.1, 0.15) is 16.8 Å². The molecule has 0 aliphatic carbocycles. The fourth-order valence-electron chi connectivity index (χ4n) is 2.63. The Kier molecular flexibility index (Phi) is 5.08. The fraction of sp³-hybridized carbons (Fsp3) is 0.0952. The molecule has 0 saturated carbocycles. The van der Waals surface area contributed by atoms with Crippen LogP contribution in [0.3, 0.4) is 0 Å². The average molecular weight is 344 g/mol. The molecule has 0 unspecified atom stereocenters. The SMILES string of the molecule is Cc1cccc(-n2ccc(=O)c(/C(=C/C=N)Nc3ccccc3C)n2)c1. The molecule has 5 heteroatoms. The lowest BCUT2D eigenvalue weighted by molar-refractivity contribution is 0.824. The van der Waals surface area contributed by atoms with Crippen LogP contribution in [0, 0.1) is 19.3 Å². The van der Waals surface area contributed by atoms with Crippen molar-refractivity contribution in [1.82, 2.24) is 9.78 Å². The van der Waals surface area contributed by atoms with Gasteiger partial charge in [0.2, 0.25) is 5.43 Å². The summed E-state index contributed by atoms with van der Waals surface area (Å²) in [6.07, 6.45) is 4.33. The quantitative estimate of drug-likeness (QED) is 0.689. The van der Waals surface area contributed by atoms with Gasteiger partial charge >= 0.3 is 0 Å². The van der Waals surface area contributed by atoms with Crippen LogP contribution in [0.5, 0.6) is 0 Å². The molecule has 0 radical (unpaired) electrons. The van der Waals surface area contributed by atoms with E-state index in [4.69, 9.17) is 5.41 Å². The molecule has 3 rings (SSSR count). The summed E-state index contributed by atoms with van der Waals surface area (Å²) in [6, 6.07) is 17.1. The highest BCUT2D eigenvalue weighted by Gasteiger charge is 2.11. The van der Waals surface area contributed by atoms with E-state index in [9.17, 15) is 4.79 Å². The summed E-state index contributed by atoms with van der Waals surface area (Å²) < 4.78 is 1.67. The second kappa shape index (κ2) is 7.61. The Labute approximate surface area is 152 Å². The standard InChI is InChI=1S/C21H20N4O/c1-15-6-5-8-17(14-15)25-13-11-20(26)21(24-25)19(10-12-22)23-18-9-4-3-7-16(18)2/h3-14,22-23H,1-2H3/b19-10-,22-12?. The van der Waals surface area contributed by atoms with Gasteiger partial charge in [-0.05, 0) is 49.2 Å². The van der Waals surface area contributed by atoms with Gasteiger partial charge in [-0.2, -0.15) is 5.10 Å². The molecule has 0 atom stereocenters. The van der Waals surface area contributed by atoms with Gasteiger partial charge < -0.3 is 10.7 Å². The summed E-state index contributed by atoms with van der Waals surface area (Å²) >= 11 is 0. The number of aryl methyl sites for hydroxylation is 2. The van der Waals surface area contributed by atoms with E-state index >= 15 is 0 Å². The van der Waals surface area contributed by atoms with Gasteiger partial charge in [-0.3, -0.25) is 4.79 Å². The topological polar surface area (TPSA) is 70.8 Å². The molecule has 0 bridgehead atoms. The monoisotopic (exact) mass is 344 g/mol. The van der Waals surface area contributed by atoms with Crippen molar-refractivity contribution in [2.45, 2.75) is 13.8 Å². The molecule has 0 aliphatic heterocycles. The highest BCUT2D eigenvalue weighted by molar-refractivity contribution is 5.87. The van der Waals surface area contributed by atoms with Gasteiger partial charge in [0, 0.05) is 24.2 Å². The number of rotatable bonds is 5. The first kappa shape index (κ1) is 17.4. The lowest BCUT2D eigenvalue weighted by atomic mass is 10.2. The van der Waals surface area contributed by atoms with Crippen LogP contribution >= 0.6 is 0 Å². The lowest BCUT2D eigenvalue weighted by Crippen LogP contribution is -2.18. The van der Waals surface area contributed by atoms with Gasteiger partial charge in [0.25, 0.3) is 0 Å². The third kappa shape index (κ3) is 3.78. The Morgan fingerprint density at radius 1 is 1.12 bits per heavy atom. The minimum absolute atomic E-state index is 0.205. The van der Waals surface area contributed by atoms with Crippen LogP contribution in [0.4, 0.5) is 5.69 Å². The number of para-hydroxylation sites is 1. The Morgan fingerprint density at radius 3 is 2.65 bits per heavy atom. The molecule has 2 N–H and O–H groups in total. The highest BCUT2D eigenvalue weighted by Crippen LogP contribution is 2.19. The molecule has 1 heterocycles. The van der Waals surface area contributed by atoms with E-state index in [-0.39, 0.29) is 11.1 Å². The van der Waals surface area contributed by atoms with E-state index in [1.54, 1.807) is 10.9 Å². The van der Waals surface area contributed by atoms with Crippen molar-refractivity contribution in [2.75, 3.05) is 5.32 Å². The van der Waals surface area contributed by atoms with E-state index in [0.717, 1.165) is 28.7 Å². The summed E-state index contributed by atoms with van der Waals surface area (Å²) in [4.78, 5) is 12.4. The number of anilines is 1. The maximum atomic E-state index is 12.4. The van der Waals surface area contributed by atoms with E-state index in [0.29, 0.717) is 5.70 Å². The fourth-order valence-corrected chi connectivity index (χ4v) is 2.63. The molecule has 5 nitrogen and oxygen atoms in total. The molecule has 0 spiro atoms. The summed E-state index contributed by atoms with van der Waals surface area (Å²) in [5.74, 6) is 0. The van der Waals surface area contributed by atoms with Gasteiger partial charge in [-0.15, -0.1) is 0 Å². The maximum Gasteiger partial charge on any atom is 0.209 e. The first-order valence-electron chi connectivity index (χ1n) is 8.29. The number of nitrogens with zero attached hydrogens (tertiary/aromatic N) is 2. The number of benzene rings is 2. The Hall–Kier alpha value is -3.47. The number of hydrogen-bond donors (Lipinski definition) is 2. The van der Waals surface area contributed by atoms with Crippen LogP contribution in [-0.2, 0) is 0 Å². The van der Waals surface area contributed by atoms with Crippen LogP contribution < -0.4 is 10.7 Å². The first-order valence-corrected chi connectivity index (χ1v) is 8.29. The number of allylic oxidation sites excluding steroid dienone is 1. The van der Waals surface area contributed by atoms with Crippen molar-refractivity contribution in [1.29, 1.82) is 5.41 Å².